The molecule has 0 fully saturated rings. The summed E-state index contributed by atoms with van der Waals surface area (Å²) in [6, 6.07) is 11.0. The molecule has 27 heavy (non-hydrogen) atoms. The van der Waals surface area contributed by atoms with Crippen LogP contribution in [0.5, 0.6) is 5.75 Å². The zero-order valence-corrected chi connectivity index (χ0v) is 16.6. The molecule has 2 aromatic carbocycles. The number of aryl methyl sites for hydroxylation is 1. The highest BCUT2D eigenvalue weighted by atomic mass is 32.2. The van der Waals surface area contributed by atoms with Crippen molar-refractivity contribution in [1.29, 1.82) is 0 Å². The second-order valence-electron chi connectivity index (χ2n) is 5.99. The van der Waals surface area contributed by atoms with Crippen LogP contribution in [0.25, 0.3) is 10.1 Å². The lowest BCUT2D eigenvalue weighted by Crippen LogP contribution is -2.22. The number of hydrogen-bond donors (Lipinski definition) is 1. The number of nitrogens with one attached hydrogen (secondary N) is 1. The molecule has 1 aromatic heterocycles. The molecule has 0 aliphatic heterocycles. The third-order valence-electron chi connectivity index (χ3n) is 3.97. The Morgan fingerprint density at radius 1 is 1.11 bits per heavy atom. The molecule has 0 amide bonds. The Morgan fingerprint density at radius 3 is 2.67 bits per heavy atom. The molecule has 3 rings (SSSR count). The monoisotopic (exact) mass is 409 g/mol. The van der Waals surface area contributed by atoms with Crippen molar-refractivity contribution < 1.29 is 22.3 Å². The first-order chi connectivity index (χ1) is 12.9. The smallest absolute Gasteiger partial charge is 0.240 e. The predicted molar refractivity (Wildman–Crippen MR) is 104 cm³/mol. The fourth-order valence-corrected chi connectivity index (χ4v) is 4.76. The number of benzene rings is 2. The number of thiophene rings is 1. The summed E-state index contributed by atoms with van der Waals surface area (Å²) in [4.78, 5) is 0.988. The highest BCUT2D eigenvalue weighted by Crippen LogP contribution is 2.27. The van der Waals surface area contributed by atoms with Gasteiger partial charge >= 0.3 is 0 Å². The van der Waals surface area contributed by atoms with Crippen LogP contribution in [0.1, 0.15) is 10.4 Å². The van der Waals surface area contributed by atoms with Crippen molar-refractivity contribution in [2.24, 2.45) is 0 Å². The minimum atomic E-state index is -3.67. The summed E-state index contributed by atoms with van der Waals surface area (Å²) >= 11 is 1.43. The number of ether oxygens (including phenoxy) is 2. The van der Waals surface area contributed by atoms with Gasteiger partial charge in [0.15, 0.2) is 0 Å². The number of halogens is 1. The van der Waals surface area contributed by atoms with Gasteiger partial charge in [-0.25, -0.2) is 17.5 Å². The number of fused-ring (bicyclic) bond motifs is 1. The Kier molecular flexibility index (Phi) is 6.11. The molecule has 0 saturated heterocycles. The van der Waals surface area contributed by atoms with Gasteiger partial charge in [-0.3, -0.25) is 0 Å². The molecule has 0 saturated carbocycles. The molecular formula is C19H20FNO4S2. The summed E-state index contributed by atoms with van der Waals surface area (Å²) in [7, 11) is -2.08. The van der Waals surface area contributed by atoms with E-state index in [4.69, 9.17) is 9.47 Å². The summed E-state index contributed by atoms with van der Waals surface area (Å²) in [5, 5.41) is 0.766. The van der Waals surface area contributed by atoms with E-state index in [1.165, 1.54) is 29.5 Å². The van der Waals surface area contributed by atoms with Gasteiger partial charge in [-0.1, -0.05) is 0 Å². The fourth-order valence-electron chi connectivity index (χ4n) is 2.59. The lowest BCUT2D eigenvalue weighted by Gasteiger charge is -2.11. The van der Waals surface area contributed by atoms with Crippen LogP contribution in [0.3, 0.4) is 0 Å². The third kappa shape index (κ3) is 4.84. The summed E-state index contributed by atoms with van der Waals surface area (Å²) in [5.41, 5.74) is 0.728. The number of rotatable bonds is 8. The van der Waals surface area contributed by atoms with Crippen LogP contribution >= 0.6 is 11.3 Å². The van der Waals surface area contributed by atoms with E-state index in [0.717, 1.165) is 20.5 Å². The molecule has 8 heteroatoms. The quantitative estimate of drug-likeness (QED) is 0.574. The van der Waals surface area contributed by atoms with Crippen molar-refractivity contribution in [2.45, 2.75) is 18.4 Å². The zero-order valence-electron chi connectivity index (χ0n) is 15.0. The topological polar surface area (TPSA) is 64.6 Å². The first kappa shape index (κ1) is 19.8. The van der Waals surface area contributed by atoms with E-state index in [-0.39, 0.29) is 17.3 Å². The highest BCUT2D eigenvalue weighted by Gasteiger charge is 2.16. The number of hydrogen-bond acceptors (Lipinski definition) is 5. The second kappa shape index (κ2) is 8.35. The molecule has 5 nitrogen and oxygen atoms in total. The van der Waals surface area contributed by atoms with Gasteiger partial charge in [0.1, 0.15) is 18.2 Å². The van der Waals surface area contributed by atoms with Crippen molar-refractivity contribution in [3.63, 3.8) is 0 Å². The molecule has 0 unspecified atom stereocenters. The molecule has 0 aliphatic rings. The van der Waals surface area contributed by atoms with E-state index in [1.54, 1.807) is 38.3 Å². The average Bonchev–Trinajstić information content (AvgIpc) is 3.03. The maximum Gasteiger partial charge on any atom is 0.240 e. The maximum absolute atomic E-state index is 13.3. The molecule has 3 aromatic rings. The van der Waals surface area contributed by atoms with Crippen molar-refractivity contribution in [1.82, 2.24) is 4.72 Å². The number of methoxy groups -OCH3 is 1. The normalized spacial score (nSPS) is 11.8. The van der Waals surface area contributed by atoms with Crippen molar-refractivity contribution in [2.75, 3.05) is 20.3 Å². The molecule has 1 heterocycles. The van der Waals surface area contributed by atoms with E-state index >= 15 is 0 Å². The molecule has 0 atom stereocenters. The van der Waals surface area contributed by atoms with Crippen LogP contribution in [0.4, 0.5) is 4.39 Å². The molecule has 0 bridgehead atoms. The van der Waals surface area contributed by atoms with Crippen LogP contribution in [-0.2, 0) is 21.3 Å². The first-order valence-corrected chi connectivity index (χ1v) is 10.6. The highest BCUT2D eigenvalue weighted by molar-refractivity contribution is 7.89. The molecule has 0 aliphatic carbocycles. The number of sulfonamides is 1. The van der Waals surface area contributed by atoms with Crippen LogP contribution in [-0.4, -0.2) is 28.7 Å². The zero-order chi connectivity index (χ0) is 19.4. The van der Waals surface area contributed by atoms with E-state index in [2.05, 4.69) is 4.72 Å². The third-order valence-corrected chi connectivity index (χ3v) is 6.48. The summed E-state index contributed by atoms with van der Waals surface area (Å²) < 4.78 is 52.4. The largest absolute Gasteiger partial charge is 0.491 e. The van der Waals surface area contributed by atoms with E-state index < -0.39 is 10.0 Å². The first-order valence-electron chi connectivity index (χ1n) is 8.29. The Morgan fingerprint density at radius 2 is 1.93 bits per heavy atom. The lowest BCUT2D eigenvalue weighted by molar-refractivity contribution is 0.146. The van der Waals surface area contributed by atoms with Gasteiger partial charge in [0.25, 0.3) is 0 Å². The molecule has 1 N–H and O–H groups in total. The summed E-state index contributed by atoms with van der Waals surface area (Å²) in [6.07, 6.45) is 0. The average molecular weight is 410 g/mol. The van der Waals surface area contributed by atoms with Gasteiger partial charge in [0.2, 0.25) is 10.0 Å². The minimum Gasteiger partial charge on any atom is -0.491 e. The van der Waals surface area contributed by atoms with Gasteiger partial charge in [-0.2, -0.15) is 0 Å². The predicted octanol–water partition coefficient (Wildman–Crippen LogP) is 3.85. The Balaban J connectivity index is 1.70. The van der Waals surface area contributed by atoms with Gasteiger partial charge in [-0.05, 0) is 60.3 Å². The SMILES string of the molecule is COCCOc1ccc(S(=O)(=O)NCc2cc3cc(F)ccc3s2)cc1C. The van der Waals surface area contributed by atoms with Gasteiger partial charge in [-0.15, -0.1) is 11.3 Å². The molecule has 0 radical (unpaired) electrons. The summed E-state index contributed by atoms with van der Waals surface area (Å²) in [5.74, 6) is 0.313. The second-order valence-corrected chi connectivity index (χ2v) is 8.92. The lowest BCUT2D eigenvalue weighted by atomic mass is 10.2. The minimum absolute atomic E-state index is 0.147. The standard InChI is InChI=1S/C19H20FNO4S2/c1-13-9-17(4-5-18(13)25-8-7-24-2)27(22,23)21-12-16-11-14-10-15(20)3-6-19(14)26-16/h3-6,9-11,21H,7-8,12H2,1-2H3. The Hall–Kier alpha value is -2.00. The van der Waals surface area contributed by atoms with E-state index in [9.17, 15) is 12.8 Å². The summed E-state index contributed by atoms with van der Waals surface area (Å²) in [6.45, 7) is 2.80. The van der Waals surface area contributed by atoms with Crippen LogP contribution in [0.15, 0.2) is 47.4 Å². The van der Waals surface area contributed by atoms with Crippen LogP contribution in [0.2, 0.25) is 0 Å². The maximum atomic E-state index is 13.3. The Labute approximate surface area is 161 Å². The van der Waals surface area contributed by atoms with Crippen LogP contribution < -0.4 is 9.46 Å². The fraction of sp³-hybridized carbons (Fsp3) is 0.263. The van der Waals surface area contributed by atoms with Crippen molar-refractivity contribution >= 4 is 31.4 Å². The van der Waals surface area contributed by atoms with Gasteiger partial charge in [0.05, 0.1) is 11.5 Å². The Bertz CT molecular complexity index is 1050. The van der Waals surface area contributed by atoms with Crippen molar-refractivity contribution in [3.8, 4) is 5.75 Å². The van der Waals surface area contributed by atoms with Gasteiger partial charge in [0, 0.05) is 23.2 Å². The van der Waals surface area contributed by atoms with E-state index in [0.29, 0.717) is 19.0 Å². The van der Waals surface area contributed by atoms with E-state index in [1.807, 2.05) is 0 Å². The molecular weight excluding hydrogens is 389 g/mol. The van der Waals surface area contributed by atoms with Gasteiger partial charge < -0.3 is 9.47 Å². The van der Waals surface area contributed by atoms with Crippen LogP contribution in [0, 0.1) is 12.7 Å². The molecule has 0 spiro atoms. The van der Waals surface area contributed by atoms with Crippen molar-refractivity contribution in [3.05, 3.63) is 58.7 Å². The molecule has 144 valence electrons.